The molecule has 5 amide bonds. The fourth-order valence-corrected chi connectivity index (χ4v) is 11.3. The number of imide groups is 2. The Morgan fingerprint density at radius 1 is 0.926 bits per heavy atom. The highest BCUT2D eigenvalue weighted by Crippen LogP contribution is 2.56. The van der Waals surface area contributed by atoms with Crippen LogP contribution < -0.4 is 34.5 Å². The third-order valence-electron chi connectivity index (χ3n) is 14.8. The van der Waals surface area contributed by atoms with E-state index in [2.05, 4.69) is 64.4 Å². The van der Waals surface area contributed by atoms with Gasteiger partial charge in [-0.2, -0.15) is 5.26 Å². The van der Waals surface area contributed by atoms with Gasteiger partial charge >= 0.3 is 0 Å². The maximum Gasteiger partial charge on any atom is 0.272 e. The van der Waals surface area contributed by atoms with Gasteiger partial charge in [-0.25, -0.2) is 0 Å². The molecule has 18 heteroatoms. The van der Waals surface area contributed by atoms with E-state index in [0.29, 0.717) is 55.0 Å². The second kappa shape index (κ2) is 19.0. The van der Waals surface area contributed by atoms with Crippen molar-refractivity contribution in [3.05, 3.63) is 64.8 Å². The molecule has 3 aromatic rings. The van der Waals surface area contributed by atoms with Crippen LogP contribution in [0, 0.1) is 28.1 Å². The average Bonchev–Trinajstić information content (AvgIpc) is 3.56. The molecule has 5 aliphatic heterocycles. The molecule has 4 fully saturated rings. The maximum atomic E-state index is 13.7. The fourth-order valence-electron chi connectivity index (χ4n) is 11.3. The number of ether oxygens (including phenoxy) is 5. The summed E-state index contributed by atoms with van der Waals surface area (Å²) in [5, 5.41) is 23.7. The number of carbonyl (C=O) groups is 5. The van der Waals surface area contributed by atoms with Crippen LogP contribution in [0.2, 0.25) is 0 Å². The van der Waals surface area contributed by atoms with E-state index >= 15 is 0 Å². The molecule has 0 radical (unpaired) electrons. The summed E-state index contributed by atoms with van der Waals surface area (Å²) in [6.07, 6.45) is 4.71. The number of methoxy groups -OCH3 is 1. The second-order valence-corrected chi connectivity index (χ2v) is 20.0. The van der Waals surface area contributed by atoms with E-state index in [1.807, 2.05) is 6.07 Å². The third kappa shape index (κ3) is 9.05. The minimum absolute atomic E-state index is 0.0367. The van der Waals surface area contributed by atoms with Crippen molar-refractivity contribution < 1.29 is 47.7 Å². The molecular formula is C50H60N8O10. The number of nitriles is 1. The van der Waals surface area contributed by atoms with Gasteiger partial charge in [0.1, 0.15) is 47.3 Å². The van der Waals surface area contributed by atoms with Gasteiger partial charge in [-0.3, -0.25) is 39.1 Å². The Bertz CT molecular complexity index is 2480. The number of hydrogen-bond donors (Lipinski definition) is 2. The molecule has 360 valence electrons. The number of fused-ring (bicyclic) bond motifs is 9. The van der Waals surface area contributed by atoms with Crippen LogP contribution in [0.25, 0.3) is 0 Å². The Labute approximate surface area is 395 Å². The summed E-state index contributed by atoms with van der Waals surface area (Å²) in [5.74, 6) is 0.331. The summed E-state index contributed by atoms with van der Waals surface area (Å²) in [4.78, 5) is 71.2. The standard InChI is InChI=1S/C50H60N8O10/c1-49(2)47(50(3,4)48(49)68-32-9-8-30(27-51)38(25-32)64-5)53-43(60)36-10-12-40(55-54-36)56-16-14-29(15-17-56)28-57-18-21-65-19-6-7-20-66-39-26-34(67-33-22-31(57)23-33)24-35-42(39)46(63)58(45(35)62)37-11-13-41(59)52-44(37)61/h8-10,12,24-26,29,31,33,37,47-48H,6-7,11,13-23,28H2,1-5H3,(H,53,60)(H,52,59,61). The smallest absolute Gasteiger partial charge is 0.272 e. The van der Waals surface area contributed by atoms with Crippen molar-refractivity contribution in [1.29, 1.82) is 5.26 Å². The van der Waals surface area contributed by atoms with Gasteiger partial charge in [0, 0.05) is 87.1 Å². The highest BCUT2D eigenvalue weighted by atomic mass is 16.5. The molecule has 2 saturated carbocycles. The van der Waals surface area contributed by atoms with Gasteiger partial charge in [-0.05, 0) is 68.4 Å². The Kier molecular flexibility index (Phi) is 13.1. The molecule has 2 N–H and O–H groups in total. The van der Waals surface area contributed by atoms with Gasteiger partial charge in [-0.15, -0.1) is 10.2 Å². The van der Waals surface area contributed by atoms with Gasteiger partial charge in [-0.1, -0.05) is 27.7 Å². The van der Waals surface area contributed by atoms with E-state index in [1.54, 1.807) is 36.4 Å². The SMILES string of the molecule is COc1cc(OC2C(C)(C)C(NC(=O)c3ccc(N4CCC(CN5CCOCCCCOc6cc(cc7c6C(=O)N(C6CCC(=O)NC6=O)C7=O)OC6CC5C6)CC4)nn3)C2(C)C)ccc1C#N. The predicted molar refractivity (Wildman–Crippen MR) is 246 cm³/mol. The van der Waals surface area contributed by atoms with Gasteiger partial charge in [0.05, 0.1) is 37.0 Å². The zero-order valence-electron chi connectivity index (χ0n) is 39.4. The van der Waals surface area contributed by atoms with Crippen molar-refractivity contribution in [1.82, 2.24) is 30.6 Å². The zero-order valence-corrected chi connectivity index (χ0v) is 39.4. The number of aromatic nitrogens is 2. The average molecular weight is 933 g/mol. The molecular weight excluding hydrogens is 873 g/mol. The van der Waals surface area contributed by atoms with Gasteiger partial charge < -0.3 is 33.9 Å². The van der Waals surface area contributed by atoms with Crippen molar-refractivity contribution in [3.8, 4) is 29.1 Å². The Hall–Kier alpha value is -6.32. The third-order valence-corrected chi connectivity index (χ3v) is 14.8. The summed E-state index contributed by atoms with van der Waals surface area (Å²) in [6.45, 7) is 13.1. The summed E-state index contributed by atoms with van der Waals surface area (Å²) < 4.78 is 30.5. The second-order valence-electron chi connectivity index (χ2n) is 20.0. The van der Waals surface area contributed by atoms with E-state index in [0.717, 1.165) is 69.0 Å². The van der Waals surface area contributed by atoms with E-state index in [4.69, 9.17) is 23.7 Å². The Balaban J connectivity index is 0.780. The first kappa shape index (κ1) is 46.8. The number of nitrogens with zero attached hydrogens (tertiary/aromatic N) is 6. The van der Waals surface area contributed by atoms with Crippen LogP contribution in [0.4, 0.5) is 5.82 Å². The van der Waals surface area contributed by atoms with Crippen LogP contribution in [0.15, 0.2) is 42.5 Å². The number of nitrogens with one attached hydrogen (secondary N) is 2. The predicted octanol–water partition coefficient (Wildman–Crippen LogP) is 4.69. The fraction of sp³-hybridized carbons (Fsp3) is 0.560. The lowest BCUT2D eigenvalue weighted by Gasteiger charge is -2.63. The highest BCUT2D eigenvalue weighted by molar-refractivity contribution is 6.24. The number of piperidine rings is 2. The highest BCUT2D eigenvalue weighted by Gasteiger charge is 2.64. The first-order valence-electron chi connectivity index (χ1n) is 23.8. The lowest BCUT2D eigenvalue weighted by atomic mass is 9.49. The quantitative estimate of drug-likeness (QED) is 0.279. The molecule has 10 rings (SSSR count). The molecule has 2 aliphatic carbocycles. The lowest BCUT2D eigenvalue weighted by Crippen LogP contribution is -2.74. The molecule has 0 spiro atoms. The van der Waals surface area contributed by atoms with Crippen molar-refractivity contribution in [2.75, 3.05) is 58.0 Å². The van der Waals surface area contributed by atoms with Gasteiger partial charge in [0.2, 0.25) is 11.8 Å². The molecule has 4 bridgehead atoms. The van der Waals surface area contributed by atoms with Crippen molar-refractivity contribution in [2.45, 2.75) is 109 Å². The summed E-state index contributed by atoms with van der Waals surface area (Å²) in [5.41, 5.74) is 0.0988. The molecule has 2 saturated heterocycles. The van der Waals surface area contributed by atoms with E-state index in [1.165, 1.54) is 7.11 Å². The minimum Gasteiger partial charge on any atom is -0.495 e. The molecule has 2 aromatic carbocycles. The molecule has 18 nitrogen and oxygen atoms in total. The number of hydrogen-bond acceptors (Lipinski definition) is 15. The van der Waals surface area contributed by atoms with Crippen LogP contribution in [0.5, 0.6) is 23.0 Å². The van der Waals surface area contributed by atoms with Crippen LogP contribution in [0.3, 0.4) is 0 Å². The normalized spacial score (nSPS) is 26.2. The first-order chi connectivity index (χ1) is 32.7. The first-order valence-corrected chi connectivity index (χ1v) is 23.8. The van der Waals surface area contributed by atoms with E-state index < -0.39 is 40.5 Å². The van der Waals surface area contributed by atoms with Crippen LogP contribution in [-0.4, -0.2) is 133 Å². The maximum absolute atomic E-state index is 13.7. The molecule has 6 heterocycles. The largest absolute Gasteiger partial charge is 0.495 e. The number of rotatable bonds is 9. The molecule has 7 aliphatic rings. The van der Waals surface area contributed by atoms with Gasteiger partial charge in [0.25, 0.3) is 17.7 Å². The summed E-state index contributed by atoms with van der Waals surface area (Å²) in [7, 11) is 1.52. The molecule has 68 heavy (non-hydrogen) atoms. The topological polar surface area (TPSA) is 215 Å². The van der Waals surface area contributed by atoms with Crippen LogP contribution >= 0.6 is 0 Å². The Morgan fingerprint density at radius 2 is 1.69 bits per heavy atom. The van der Waals surface area contributed by atoms with E-state index in [9.17, 15) is 29.2 Å². The molecule has 1 aromatic heterocycles. The van der Waals surface area contributed by atoms with Crippen molar-refractivity contribution >= 4 is 35.4 Å². The number of amides is 5. The number of carbonyl (C=O) groups excluding carboxylic acids is 5. The monoisotopic (exact) mass is 932 g/mol. The van der Waals surface area contributed by atoms with Gasteiger partial charge in [0.15, 0.2) is 11.5 Å². The Morgan fingerprint density at radius 3 is 2.40 bits per heavy atom. The number of anilines is 1. The van der Waals surface area contributed by atoms with Crippen molar-refractivity contribution in [3.63, 3.8) is 0 Å². The number of benzene rings is 2. The zero-order chi connectivity index (χ0) is 47.9. The van der Waals surface area contributed by atoms with Crippen LogP contribution in [-0.2, 0) is 14.3 Å². The van der Waals surface area contributed by atoms with E-state index in [-0.39, 0.29) is 65.6 Å². The summed E-state index contributed by atoms with van der Waals surface area (Å²) >= 11 is 0. The summed E-state index contributed by atoms with van der Waals surface area (Å²) in [6, 6.07) is 13.2. The molecule has 1 unspecified atom stereocenters. The van der Waals surface area contributed by atoms with Crippen molar-refractivity contribution in [2.24, 2.45) is 16.7 Å². The lowest BCUT2D eigenvalue weighted by molar-refractivity contribution is -0.164. The van der Waals surface area contributed by atoms with Crippen LogP contribution in [0.1, 0.15) is 116 Å². The minimum atomic E-state index is -1.08. The molecule has 1 atom stereocenters.